The zero-order chi connectivity index (χ0) is 10.6. The number of piperidine rings is 1. The van der Waals surface area contributed by atoms with E-state index in [4.69, 9.17) is 10.5 Å². The van der Waals surface area contributed by atoms with Gasteiger partial charge in [0.15, 0.2) is 0 Å². The van der Waals surface area contributed by atoms with Crippen molar-refractivity contribution in [2.45, 2.75) is 38.3 Å². The first-order chi connectivity index (χ1) is 6.66. The predicted molar refractivity (Wildman–Crippen MR) is 62.1 cm³/mol. The Labute approximate surface area is 97.5 Å². The molecule has 1 aliphatic rings. The number of carbonyl (C=O) groups excluding carboxylic acids is 1. The third-order valence-corrected chi connectivity index (χ3v) is 2.75. The largest absolute Gasteiger partial charge is 0.383 e. The molecule has 1 fully saturated rings. The van der Waals surface area contributed by atoms with Crippen LogP contribution in [0.1, 0.15) is 26.2 Å². The van der Waals surface area contributed by atoms with Gasteiger partial charge in [0.05, 0.1) is 6.61 Å². The predicted octanol–water partition coefficient (Wildman–Crippen LogP) is 0.783. The van der Waals surface area contributed by atoms with E-state index < -0.39 is 6.04 Å². The van der Waals surface area contributed by atoms with Crippen LogP contribution < -0.4 is 5.73 Å². The molecule has 15 heavy (non-hydrogen) atoms. The van der Waals surface area contributed by atoms with Crippen LogP contribution in [0.25, 0.3) is 0 Å². The Hall–Kier alpha value is -0.320. The van der Waals surface area contributed by atoms with Crippen LogP contribution in [0.5, 0.6) is 0 Å². The molecule has 0 aromatic carbocycles. The maximum Gasteiger partial charge on any atom is 0.242 e. The summed E-state index contributed by atoms with van der Waals surface area (Å²) in [6, 6.07) is -0.167. The fourth-order valence-electron chi connectivity index (χ4n) is 1.89. The van der Waals surface area contributed by atoms with E-state index in [0.29, 0.717) is 12.6 Å². The van der Waals surface area contributed by atoms with Crippen LogP contribution in [0.2, 0.25) is 0 Å². The smallest absolute Gasteiger partial charge is 0.242 e. The van der Waals surface area contributed by atoms with Crippen LogP contribution in [-0.2, 0) is 9.53 Å². The van der Waals surface area contributed by atoms with Gasteiger partial charge in [-0.05, 0) is 26.2 Å². The molecule has 0 bridgehead atoms. The van der Waals surface area contributed by atoms with E-state index in [2.05, 4.69) is 6.92 Å². The monoisotopic (exact) mass is 236 g/mol. The SMILES string of the molecule is COCC(N)C(=O)N1CCCCC1C.Cl. The molecule has 1 rings (SSSR count). The Morgan fingerprint density at radius 3 is 2.80 bits per heavy atom. The molecule has 1 aliphatic heterocycles. The van der Waals surface area contributed by atoms with Crippen LogP contribution in [0.15, 0.2) is 0 Å². The summed E-state index contributed by atoms with van der Waals surface area (Å²) in [6.45, 7) is 3.23. The van der Waals surface area contributed by atoms with Crippen LogP contribution in [0.4, 0.5) is 0 Å². The van der Waals surface area contributed by atoms with Crippen molar-refractivity contribution in [1.29, 1.82) is 0 Å². The first kappa shape index (κ1) is 14.7. The molecule has 2 N–H and O–H groups in total. The molecule has 0 aliphatic carbocycles. The lowest BCUT2D eigenvalue weighted by Gasteiger charge is -2.35. The van der Waals surface area contributed by atoms with Crippen LogP contribution in [0.3, 0.4) is 0 Å². The third-order valence-electron chi connectivity index (χ3n) is 2.75. The second-order valence-corrected chi connectivity index (χ2v) is 3.94. The van der Waals surface area contributed by atoms with Crippen molar-refractivity contribution >= 4 is 18.3 Å². The number of hydrogen-bond donors (Lipinski definition) is 1. The van der Waals surface area contributed by atoms with Gasteiger partial charge in [-0.25, -0.2) is 0 Å². The quantitative estimate of drug-likeness (QED) is 0.788. The first-order valence-electron chi connectivity index (χ1n) is 5.21. The maximum atomic E-state index is 11.8. The highest BCUT2D eigenvalue weighted by atomic mass is 35.5. The normalized spacial score (nSPS) is 23.1. The summed E-state index contributed by atoms with van der Waals surface area (Å²) in [5.74, 6) is 0.0269. The molecule has 0 radical (unpaired) electrons. The van der Waals surface area contributed by atoms with Crippen molar-refractivity contribution < 1.29 is 9.53 Å². The van der Waals surface area contributed by atoms with Crippen LogP contribution in [0, 0.1) is 0 Å². The number of carbonyl (C=O) groups is 1. The van der Waals surface area contributed by atoms with E-state index in [1.807, 2.05) is 4.90 Å². The molecule has 5 heteroatoms. The number of ether oxygens (including phenoxy) is 1. The summed E-state index contributed by atoms with van der Waals surface area (Å²) in [6.07, 6.45) is 3.39. The first-order valence-corrected chi connectivity index (χ1v) is 5.21. The molecular weight excluding hydrogens is 216 g/mol. The van der Waals surface area contributed by atoms with Gasteiger partial charge in [0.1, 0.15) is 6.04 Å². The second-order valence-electron chi connectivity index (χ2n) is 3.94. The average Bonchev–Trinajstić information content (AvgIpc) is 2.18. The lowest BCUT2D eigenvalue weighted by Crippen LogP contribution is -2.51. The van der Waals surface area contributed by atoms with Gasteiger partial charge in [-0.1, -0.05) is 0 Å². The van der Waals surface area contributed by atoms with Gasteiger partial charge in [-0.2, -0.15) is 0 Å². The van der Waals surface area contributed by atoms with Gasteiger partial charge in [0.2, 0.25) is 5.91 Å². The van der Waals surface area contributed by atoms with E-state index in [0.717, 1.165) is 19.4 Å². The van der Waals surface area contributed by atoms with Gasteiger partial charge in [-0.3, -0.25) is 4.79 Å². The van der Waals surface area contributed by atoms with Crippen molar-refractivity contribution in [2.24, 2.45) is 5.73 Å². The molecule has 2 atom stereocenters. The Bertz CT molecular complexity index is 202. The molecule has 2 unspecified atom stereocenters. The lowest BCUT2D eigenvalue weighted by atomic mass is 10.0. The number of amides is 1. The summed E-state index contributed by atoms with van der Waals surface area (Å²) in [5, 5.41) is 0. The van der Waals surface area contributed by atoms with E-state index in [1.54, 1.807) is 7.11 Å². The second kappa shape index (κ2) is 7.04. The van der Waals surface area contributed by atoms with Gasteiger partial charge in [0, 0.05) is 19.7 Å². The van der Waals surface area contributed by atoms with Crippen molar-refractivity contribution in [3.63, 3.8) is 0 Å². The Kier molecular flexibility index (Phi) is 6.89. The number of likely N-dealkylation sites (tertiary alicyclic amines) is 1. The summed E-state index contributed by atoms with van der Waals surface area (Å²) < 4.78 is 4.88. The molecule has 1 heterocycles. The maximum absolute atomic E-state index is 11.8. The van der Waals surface area contributed by atoms with Crippen LogP contribution >= 0.6 is 12.4 Å². The minimum absolute atomic E-state index is 0. The van der Waals surface area contributed by atoms with E-state index >= 15 is 0 Å². The van der Waals surface area contributed by atoms with Gasteiger partial charge in [-0.15, -0.1) is 12.4 Å². The topological polar surface area (TPSA) is 55.6 Å². The number of nitrogens with zero attached hydrogens (tertiary/aromatic N) is 1. The fraction of sp³-hybridized carbons (Fsp3) is 0.900. The minimum Gasteiger partial charge on any atom is -0.383 e. The van der Waals surface area contributed by atoms with Gasteiger partial charge >= 0.3 is 0 Å². The Morgan fingerprint density at radius 2 is 2.27 bits per heavy atom. The lowest BCUT2D eigenvalue weighted by molar-refractivity contribution is -0.137. The number of halogens is 1. The summed E-state index contributed by atoms with van der Waals surface area (Å²) in [7, 11) is 1.56. The molecule has 4 nitrogen and oxygen atoms in total. The van der Waals surface area contributed by atoms with E-state index in [-0.39, 0.29) is 18.3 Å². The zero-order valence-corrected chi connectivity index (χ0v) is 10.3. The van der Waals surface area contributed by atoms with Crippen molar-refractivity contribution in [3.8, 4) is 0 Å². The van der Waals surface area contributed by atoms with Crippen molar-refractivity contribution in [3.05, 3.63) is 0 Å². The summed E-state index contributed by atoms with van der Waals surface area (Å²) >= 11 is 0. The average molecular weight is 237 g/mol. The molecule has 1 saturated heterocycles. The summed E-state index contributed by atoms with van der Waals surface area (Å²) in [5.41, 5.74) is 5.70. The van der Waals surface area contributed by atoms with E-state index in [9.17, 15) is 4.79 Å². The zero-order valence-electron chi connectivity index (χ0n) is 9.44. The number of hydrogen-bond acceptors (Lipinski definition) is 3. The van der Waals surface area contributed by atoms with Crippen LogP contribution in [-0.4, -0.2) is 43.2 Å². The fourth-order valence-corrected chi connectivity index (χ4v) is 1.89. The highest BCUT2D eigenvalue weighted by Crippen LogP contribution is 2.16. The highest BCUT2D eigenvalue weighted by Gasteiger charge is 2.26. The molecule has 0 saturated carbocycles. The molecular formula is C10H21ClN2O2. The molecule has 0 aromatic heterocycles. The number of methoxy groups -OCH3 is 1. The Morgan fingerprint density at radius 1 is 1.60 bits per heavy atom. The molecule has 90 valence electrons. The molecule has 0 aromatic rings. The Balaban J connectivity index is 0.00000196. The molecule has 1 amide bonds. The molecule has 0 spiro atoms. The van der Waals surface area contributed by atoms with E-state index in [1.165, 1.54) is 6.42 Å². The standard InChI is InChI=1S/C10H20N2O2.ClH/c1-8-5-3-4-6-12(8)10(13)9(11)7-14-2;/h8-9H,3-7,11H2,1-2H3;1H. The highest BCUT2D eigenvalue weighted by molar-refractivity contribution is 5.85. The summed E-state index contributed by atoms with van der Waals surface area (Å²) in [4.78, 5) is 13.7. The van der Waals surface area contributed by atoms with Gasteiger partial charge in [0.25, 0.3) is 0 Å². The third kappa shape index (κ3) is 3.97. The van der Waals surface area contributed by atoms with Crippen molar-refractivity contribution in [1.82, 2.24) is 4.90 Å². The van der Waals surface area contributed by atoms with Crippen molar-refractivity contribution in [2.75, 3.05) is 20.3 Å². The number of nitrogens with two attached hydrogens (primary N) is 1. The minimum atomic E-state index is -0.499. The number of rotatable bonds is 3. The van der Waals surface area contributed by atoms with Gasteiger partial charge < -0.3 is 15.4 Å².